The van der Waals surface area contributed by atoms with Gasteiger partial charge in [-0.3, -0.25) is 4.79 Å². The van der Waals surface area contributed by atoms with E-state index in [4.69, 9.17) is 18.9 Å². The van der Waals surface area contributed by atoms with Crippen LogP contribution in [0.3, 0.4) is 0 Å². The van der Waals surface area contributed by atoms with Crippen LogP contribution in [0.5, 0.6) is 11.5 Å². The molecule has 1 aromatic carbocycles. The van der Waals surface area contributed by atoms with Gasteiger partial charge >= 0.3 is 5.97 Å². The third kappa shape index (κ3) is 5.35. The maximum atomic E-state index is 12.6. The highest BCUT2D eigenvalue weighted by Gasteiger charge is 2.30. The van der Waals surface area contributed by atoms with Crippen LogP contribution in [0.15, 0.2) is 16.6 Å². The van der Waals surface area contributed by atoms with E-state index < -0.39 is 12.1 Å². The lowest BCUT2D eigenvalue weighted by Crippen LogP contribution is -2.51. The van der Waals surface area contributed by atoms with Gasteiger partial charge in [-0.15, -0.1) is 0 Å². The number of esters is 1. The van der Waals surface area contributed by atoms with Crippen molar-refractivity contribution in [1.82, 2.24) is 4.90 Å². The summed E-state index contributed by atoms with van der Waals surface area (Å²) >= 11 is 3.38. The molecule has 1 fully saturated rings. The number of benzene rings is 1. The van der Waals surface area contributed by atoms with Crippen molar-refractivity contribution in [2.24, 2.45) is 0 Å². The van der Waals surface area contributed by atoms with Gasteiger partial charge in [0.1, 0.15) is 0 Å². The molecule has 3 atom stereocenters. The average Bonchev–Trinajstić information content (AvgIpc) is 2.61. The van der Waals surface area contributed by atoms with E-state index in [-0.39, 0.29) is 23.7 Å². The van der Waals surface area contributed by atoms with Crippen molar-refractivity contribution in [2.75, 3.05) is 26.8 Å². The van der Waals surface area contributed by atoms with E-state index in [1.165, 1.54) is 13.2 Å². The topological polar surface area (TPSA) is 74.3 Å². The quantitative estimate of drug-likeness (QED) is 0.628. The minimum atomic E-state index is -0.897. The highest BCUT2D eigenvalue weighted by molar-refractivity contribution is 9.10. The van der Waals surface area contributed by atoms with Crippen molar-refractivity contribution in [3.63, 3.8) is 0 Å². The van der Waals surface area contributed by atoms with Crippen LogP contribution in [-0.4, -0.2) is 61.9 Å². The van der Waals surface area contributed by atoms with Crippen LogP contribution in [0.4, 0.5) is 0 Å². The monoisotopic (exact) mass is 443 g/mol. The Hall–Kier alpha value is -1.80. The molecular formula is C19H26BrNO6. The maximum Gasteiger partial charge on any atom is 0.339 e. The van der Waals surface area contributed by atoms with E-state index in [0.717, 1.165) is 0 Å². The SMILES string of the molecule is CCOc1c(Br)cc(C(=O)OC(C)C(=O)N2CC(C)OC(C)C2)cc1OC. The zero-order valence-corrected chi connectivity index (χ0v) is 17.9. The maximum absolute atomic E-state index is 12.6. The van der Waals surface area contributed by atoms with Gasteiger partial charge in [-0.25, -0.2) is 4.79 Å². The molecule has 1 aromatic rings. The Morgan fingerprint density at radius 3 is 2.48 bits per heavy atom. The number of rotatable bonds is 6. The molecule has 0 N–H and O–H groups in total. The molecule has 0 saturated carbocycles. The highest BCUT2D eigenvalue weighted by Crippen LogP contribution is 2.36. The number of ether oxygens (including phenoxy) is 4. The third-order valence-corrected chi connectivity index (χ3v) is 4.71. The number of hydrogen-bond acceptors (Lipinski definition) is 6. The number of methoxy groups -OCH3 is 1. The molecule has 1 aliphatic heterocycles. The predicted molar refractivity (Wildman–Crippen MR) is 103 cm³/mol. The fraction of sp³-hybridized carbons (Fsp3) is 0.579. The second-order valence-electron chi connectivity index (χ2n) is 6.47. The number of hydrogen-bond donors (Lipinski definition) is 0. The molecule has 0 aliphatic carbocycles. The van der Waals surface area contributed by atoms with Gasteiger partial charge in [0.2, 0.25) is 0 Å². The molecule has 7 nitrogen and oxygen atoms in total. The van der Waals surface area contributed by atoms with E-state index >= 15 is 0 Å². The summed E-state index contributed by atoms with van der Waals surface area (Å²) in [6.45, 7) is 8.68. The molecule has 27 heavy (non-hydrogen) atoms. The van der Waals surface area contributed by atoms with Crippen LogP contribution >= 0.6 is 15.9 Å². The zero-order chi connectivity index (χ0) is 20.1. The van der Waals surface area contributed by atoms with Gasteiger partial charge in [0.15, 0.2) is 17.6 Å². The van der Waals surface area contributed by atoms with Gasteiger partial charge < -0.3 is 23.8 Å². The van der Waals surface area contributed by atoms with E-state index in [9.17, 15) is 9.59 Å². The first-order chi connectivity index (χ1) is 12.8. The van der Waals surface area contributed by atoms with Gasteiger partial charge in [0.05, 0.1) is 36.0 Å². The summed E-state index contributed by atoms with van der Waals surface area (Å²) in [6.07, 6.45) is -0.995. The summed E-state index contributed by atoms with van der Waals surface area (Å²) in [5.74, 6) is 0.0829. The second-order valence-corrected chi connectivity index (χ2v) is 7.32. The highest BCUT2D eigenvalue weighted by atomic mass is 79.9. The van der Waals surface area contributed by atoms with E-state index in [1.807, 2.05) is 20.8 Å². The summed E-state index contributed by atoms with van der Waals surface area (Å²) < 4.78 is 22.4. The smallest absolute Gasteiger partial charge is 0.339 e. The number of morpholine rings is 1. The molecule has 0 spiro atoms. The first kappa shape index (κ1) is 21.5. The van der Waals surface area contributed by atoms with Crippen LogP contribution in [0, 0.1) is 0 Å². The Morgan fingerprint density at radius 2 is 1.93 bits per heavy atom. The van der Waals surface area contributed by atoms with Gasteiger partial charge in [-0.1, -0.05) is 0 Å². The summed E-state index contributed by atoms with van der Waals surface area (Å²) in [4.78, 5) is 26.8. The predicted octanol–water partition coefficient (Wildman–Crippen LogP) is 3.04. The van der Waals surface area contributed by atoms with Crippen molar-refractivity contribution in [3.05, 3.63) is 22.2 Å². The second kappa shape index (κ2) is 9.41. The Bertz CT molecular complexity index is 685. The summed E-state index contributed by atoms with van der Waals surface area (Å²) in [7, 11) is 1.49. The lowest BCUT2D eigenvalue weighted by molar-refractivity contribution is -0.151. The lowest BCUT2D eigenvalue weighted by Gasteiger charge is -2.36. The molecule has 150 valence electrons. The van der Waals surface area contributed by atoms with Crippen LogP contribution < -0.4 is 9.47 Å². The third-order valence-electron chi connectivity index (χ3n) is 4.12. The molecule has 2 rings (SSSR count). The van der Waals surface area contributed by atoms with Crippen LogP contribution in [0.25, 0.3) is 0 Å². The molecule has 1 heterocycles. The number of carbonyl (C=O) groups excluding carboxylic acids is 2. The number of halogens is 1. The van der Waals surface area contributed by atoms with Gasteiger partial charge in [-0.2, -0.15) is 0 Å². The molecule has 1 amide bonds. The van der Waals surface area contributed by atoms with Crippen LogP contribution in [0.2, 0.25) is 0 Å². The van der Waals surface area contributed by atoms with Crippen molar-refractivity contribution in [1.29, 1.82) is 0 Å². The Kier molecular flexibility index (Phi) is 7.49. The number of amides is 1. The fourth-order valence-corrected chi connectivity index (χ4v) is 3.57. The lowest BCUT2D eigenvalue weighted by atomic mass is 10.2. The molecule has 3 unspecified atom stereocenters. The largest absolute Gasteiger partial charge is 0.493 e. The Balaban J connectivity index is 2.09. The average molecular weight is 444 g/mol. The van der Waals surface area contributed by atoms with E-state index in [1.54, 1.807) is 17.9 Å². The Labute approximate surface area is 168 Å². The van der Waals surface area contributed by atoms with Crippen molar-refractivity contribution >= 4 is 27.8 Å². The summed E-state index contributed by atoms with van der Waals surface area (Å²) in [6, 6.07) is 3.13. The van der Waals surface area contributed by atoms with E-state index in [2.05, 4.69) is 15.9 Å². The molecule has 8 heteroatoms. The summed E-state index contributed by atoms with van der Waals surface area (Å²) in [5.41, 5.74) is 0.269. The van der Waals surface area contributed by atoms with Crippen molar-refractivity contribution < 1.29 is 28.5 Å². The minimum absolute atomic E-state index is 0.0491. The van der Waals surface area contributed by atoms with Crippen molar-refractivity contribution in [2.45, 2.75) is 46.0 Å². The molecule has 1 aliphatic rings. The van der Waals surface area contributed by atoms with Gasteiger partial charge in [-0.05, 0) is 55.8 Å². The first-order valence-electron chi connectivity index (χ1n) is 8.92. The van der Waals surface area contributed by atoms with Crippen LogP contribution in [0.1, 0.15) is 38.1 Å². The molecular weight excluding hydrogens is 418 g/mol. The summed E-state index contributed by atoms with van der Waals surface area (Å²) in [5, 5.41) is 0. The van der Waals surface area contributed by atoms with Gasteiger partial charge in [0.25, 0.3) is 5.91 Å². The molecule has 1 saturated heterocycles. The minimum Gasteiger partial charge on any atom is -0.493 e. The normalized spacial score (nSPS) is 20.7. The molecule has 0 aromatic heterocycles. The number of carbonyl (C=O) groups is 2. The zero-order valence-electron chi connectivity index (χ0n) is 16.3. The Morgan fingerprint density at radius 1 is 1.30 bits per heavy atom. The fourth-order valence-electron chi connectivity index (χ4n) is 3.02. The van der Waals surface area contributed by atoms with E-state index in [0.29, 0.717) is 35.7 Å². The first-order valence-corrected chi connectivity index (χ1v) is 9.71. The van der Waals surface area contributed by atoms with Crippen molar-refractivity contribution in [3.8, 4) is 11.5 Å². The number of nitrogens with zero attached hydrogens (tertiary/aromatic N) is 1. The van der Waals surface area contributed by atoms with Crippen LogP contribution in [-0.2, 0) is 14.3 Å². The standard InChI is InChI=1S/C19H26BrNO6/c1-6-25-17-15(20)7-14(8-16(17)24-5)19(23)27-13(4)18(22)21-9-11(2)26-12(3)10-21/h7-8,11-13H,6,9-10H2,1-5H3. The molecule has 0 radical (unpaired) electrons. The van der Waals surface area contributed by atoms with Gasteiger partial charge in [0, 0.05) is 13.1 Å². The molecule has 0 bridgehead atoms.